The zero-order valence-corrected chi connectivity index (χ0v) is 12.2. The van der Waals surface area contributed by atoms with Crippen molar-refractivity contribution in [1.29, 1.82) is 0 Å². The van der Waals surface area contributed by atoms with E-state index in [4.69, 9.17) is 15.2 Å². The van der Waals surface area contributed by atoms with Crippen LogP contribution in [0.4, 0.5) is 4.39 Å². The van der Waals surface area contributed by atoms with E-state index >= 15 is 0 Å². The first-order chi connectivity index (χ1) is 8.81. The van der Waals surface area contributed by atoms with Crippen LogP contribution in [0.2, 0.25) is 0 Å². The van der Waals surface area contributed by atoms with Crippen molar-refractivity contribution in [2.45, 2.75) is 45.4 Å². The Morgan fingerprint density at radius 3 is 2.37 bits per heavy atom. The Morgan fingerprint density at radius 1 is 1.21 bits per heavy atom. The molecule has 108 valence electrons. The molecule has 0 aliphatic heterocycles. The molecular formula is C15H24FNO2. The predicted octanol–water partition coefficient (Wildman–Crippen LogP) is 3.05. The van der Waals surface area contributed by atoms with Crippen LogP contribution in [0.1, 0.15) is 39.4 Å². The molecule has 0 bridgehead atoms. The van der Waals surface area contributed by atoms with E-state index in [2.05, 4.69) is 0 Å². The van der Waals surface area contributed by atoms with Gasteiger partial charge in [0, 0.05) is 11.6 Å². The number of nitrogens with two attached hydrogens (primary N) is 1. The summed E-state index contributed by atoms with van der Waals surface area (Å²) in [5, 5.41) is 0. The van der Waals surface area contributed by atoms with Gasteiger partial charge in [-0.3, -0.25) is 0 Å². The predicted molar refractivity (Wildman–Crippen MR) is 74.4 cm³/mol. The van der Waals surface area contributed by atoms with E-state index in [1.807, 2.05) is 27.7 Å². The molecular weight excluding hydrogens is 245 g/mol. The maximum Gasteiger partial charge on any atom is 0.129 e. The number of benzene rings is 1. The van der Waals surface area contributed by atoms with Crippen LogP contribution in [0, 0.1) is 5.82 Å². The van der Waals surface area contributed by atoms with Crippen molar-refractivity contribution >= 4 is 0 Å². The molecule has 1 aromatic rings. The van der Waals surface area contributed by atoms with Crippen molar-refractivity contribution in [3.05, 3.63) is 35.6 Å². The lowest BCUT2D eigenvalue weighted by Gasteiger charge is -2.24. The van der Waals surface area contributed by atoms with Crippen LogP contribution in [0.25, 0.3) is 0 Å². The van der Waals surface area contributed by atoms with E-state index < -0.39 is 6.10 Å². The highest BCUT2D eigenvalue weighted by molar-refractivity contribution is 5.21. The molecule has 19 heavy (non-hydrogen) atoms. The van der Waals surface area contributed by atoms with Crippen molar-refractivity contribution < 1.29 is 13.9 Å². The van der Waals surface area contributed by atoms with Crippen LogP contribution in [-0.4, -0.2) is 24.9 Å². The van der Waals surface area contributed by atoms with Crippen LogP contribution < -0.4 is 5.73 Å². The number of hydrogen-bond acceptors (Lipinski definition) is 3. The van der Waals surface area contributed by atoms with Crippen molar-refractivity contribution in [1.82, 2.24) is 0 Å². The molecule has 0 spiro atoms. The molecule has 2 unspecified atom stereocenters. The molecule has 0 aliphatic carbocycles. The Hall–Kier alpha value is -0.970. The van der Waals surface area contributed by atoms with Crippen LogP contribution >= 0.6 is 0 Å². The SMILES string of the molecule is CC(N)C(OCCOC(C)(C)C)c1ccccc1F. The van der Waals surface area contributed by atoms with Crippen molar-refractivity contribution in [2.75, 3.05) is 13.2 Å². The van der Waals surface area contributed by atoms with Crippen molar-refractivity contribution in [2.24, 2.45) is 5.73 Å². The van der Waals surface area contributed by atoms with Crippen LogP contribution in [0.3, 0.4) is 0 Å². The minimum Gasteiger partial charge on any atom is -0.373 e. The first kappa shape index (κ1) is 16.1. The fourth-order valence-electron chi connectivity index (χ4n) is 1.75. The maximum atomic E-state index is 13.7. The molecule has 4 heteroatoms. The highest BCUT2D eigenvalue weighted by Gasteiger charge is 2.20. The van der Waals surface area contributed by atoms with E-state index in [1.165, 1.54) is 6.07 Å². The average molecular weight is 269 g/mol. The topological polar surface area (TPSA) is 44.5 Å². The zero-order valence-electron chi connectivity index (χ0n) is 12.2. The van der Waals surface area contributed by atoms with Gasteiger partial charge in [-0.25, -0.2) is 4.39 Å². The molecule has 2 atom stereocenters. The monoisotopic (exact) mass is 269 g/mol. The van der Waals surface area contributed by atoms with Gasteiger partial charge in [-0.1, -0.05) is 18.2 Å². The fourth-order valence-corrected chi connectivity index (χ4v) is 1.75. The molecule has 0 amide bonds. The number of hydrogen-bond donors (Lipinski definition) is 1. The van der Waals surface area contributed by atoms with Crippen LogP contribution in [0.5, 0.6) is 0 Å². The van der Waals surface area contributed by atoms with Crippen LogP contribution in [0.15, 0.2) is 24.3 Å². The Morgan fingerprint density at radius 2 is 1.84 bits per heavy atom. The maximum absolute atomic E-state index is 13.7. The third kappa shape index (κ3) is 5.68. The summed E-state index contributed by atoms with van der Waals surface area (Å²) in [7, 11) is 0. The van der Waals surface area contributed by atoms with Crippen LogP contribution in [-0.2, 0) is 9.47 Å². The van der Waals surface area contributed by atoms with E-state index in [9.17, 15) is 4.39 Å². The Balaban J connectivity index is 2.58. The van der Waals surface area contributed by atoms with Gasteiger partial charge in [0.1, 0.15) is 11.9 Å². The molecule has 3 nitrogen and oxygen atoms in total. The largest absolute Gasteiger partial charge is 0.373 e. The van der Waals surface area contributed by atoms with Gasteiger partial charge in [0.15, 0.2) is 0 Å². The Labute approximate surface area is 114 Å². The minimum absolute atomic E-state index is 0.203. The highest BCUT2D eigenvalue weighted by Crippen LogP contribution is 2.23. The lowest BCUT2D eigenvalue weighted by atomic mass is 10.0. The minimum atomic E-state index is -0.454. The van der Waals surface area contributed by atoms with Gasteiger partial charge in [-0.15, -0.1) is 0 Å². The van der Waals surface area contributed by atoms with Gasteiger partial charge in [-0.2, -0.15) is 0 Å². The molecule has 0 saturated carbocycles. The highest BCUT2D eigenvalue weighted by atomic mass is 19.1. The summed E-state index contributed by atoms with van der Waals surface area (Å²) in [6.45, 7) is 8.59. The molecule has 0 aliphatic rings. The van der Waals surface area contributed by atoms with Gasteiger partial charge in [0.05, 0.1) is 18.8 Å². The quantitative estimate of drug-likeness (QED) is 0.807. The summed E-state index contributed by atoms with van der Waals surface area (Å²) < 4.78 is 25.0. The molecule has 2 N–H and O–H groups in total. The van der Waals surface area contributed by atoms with Gasteiger partial charge < -0.3 is 15.2 Å². The molecule has 0 fully saturated rings. The molecule has 1 rings (SSSR count). The molecule has 0 saturated heterocycles. The smallest absolute Gasteiger partial charge is 0.129 e. The van der Waals surface area contributed by atoms with Gasteiger partial charge in [0.25, 0.3) is 0 Å². The van der Waals surface area contributed by atoms with E-state index in [1.54, 1.807) is 18.2 Å². The normalized spacial score (nSPS) is 15.3. The summed E-state index contributed by atoms with van der Waals surface area (Å²) in [5.74, 6) is -0.290. The number of halogens is 1. The second kappa shape index (κ2) is 6.98. The zero-order chi connectivity index (χ0) is 14.5. The van der Waals surface area contributed by atoms with Crippen molar-refractivity contribution in [3.63, 3.8) is 0 Å². The summed E-state index contributed by atoms with van der Waals surface area (Å²) in [5.41, 5.74) is 6.16. The van der Waals surface area contributed by atoms with Crippen molar-refractivity contribution in [3.8, 4) is 0 Å². The van der Waals surface area contributed by atoms with E-state index in [0.29, 0.717) is 18.8 Å². The van der Waals surface area contributed by atoms with Gasteiger partial charge >= 0.3 is 0 Å². The van der Waals surface area contributed by atoms with Gasteiger partial charge in [-0.05, 0) is 33.8 Å². The molecule has 0 aromatic heterocycles. The lowest BCUT2D eigenvalue weighted by molar-refractivity contribution is -0.0564. The molecule has 0 heterocycles. The summed E-state index contributed by atoms with van der Waals surface area (Å²) >= 11 is 0. The second-order valence-electron chi connectivity index (χ2n) is 5.63. The standard InChI is InChI=1S/C15H24FNO2/c1-11(17)14(12-7-5-6-8-13(12)16)18-9-10-19-15(2,3)4/h5-8,11,14H,9-10,17H2,1-4H3. The second-order valence-corrected chi connectivity index (χ2v) is 5.63. The number of rotatable bonds is 6. The molecule has 0 radical (unpaired) electrons. The third-order valence-electron chi connectivity index (χ3n) is 2.61. The third-order valence-corrected chi connectivity index (χ3v) is 2.61. The van der Waals surface area contributed by atoms with E-state index in [-0.39, 0.29) is 17.5 Å². The summed E-state index contributed by atoms with van der Waals surface area (Å²) in [6.07, 6.45) is -0.454. The number of ether oxygens (including phenoxy) is 2. The molecule has 1 aromatic carbocycles. The Kier molecular flexibility index (Phi) is 5.91. The van der Waals surface area contributed by atoms with E-state index in [0.717, 1.165) is 0 Å². The lowest BCUT2D eigenvalue weighted by Crippen LogP contribution is -2.29. The average Bonchev–Trinajstić information content (AvgIpc) is 2.29. The fraction of sp³-hybridized carbons (Fsp3) is 0.600. The summed E-state index contributed by atoms with van der Waals surface area (Å²) in [6, 6.07) is 6.27. The first-order valence-corrected chi connectivity index (χ1v) is 6.57. The summed E-state index contributed by atoms with van der Waals surface area (Å²) in [4.78, 5) is 0. The first-order valence-electron chi connectivity index (χ1n) is 6.57. The van der Waals surface area contributed by atoms with Gasteiger partial charge in [0.2, 0.25) is 0 Å². The Bertz CT molecular complexity index is 388.